The molecular formula is C44H52O16. The minimum atomic E-state index is -1.17. The molecule has 60 heavy (non-hydrogen) atoms. The zero-order valence-electron chi connectivity index (χ0n) is 33.2. The molecule has 0 aliphatic carbocycles. The molecule has 0 unspecified atom stereocenters. The summed E-state index contributed by atoms with van der Waals surface area (Å²) in [5.74, 6) is -1.45. The first-order valence-corrected chi connectivity index (χ1v) is 16.9. The van der Waals surface area contributed by atoms with Crippen molar-refractivity contribution in [3.63, 3.8) is 0 Å². The summed E-state index contributed by atoms with van der Waals surface area (Å²) in [6.45, 7) is 7.17. The van der Waals surface area contributed by atoms with Crippen LogP contribution in [0.25, 0.3) is 22.3 Å². The minimum absolute atomic E-state index is 0. The highest BCUT2D eigenvalue weighted by molar-refractivity contribution is 5.98. The minimum Gasteiger partial charge on any atom is -0.493 e. The number of hydrogen-bond acceptors (Lipinski definition) is 14. The third kappa shape index (κ3) is 11.4. The van der Waals surface area contributed by atoms with Gasteiger partial charge in [0.25, 0.3) is 0 Å². The van der Waals surface area contributed by atoms with E-state index in [9.17, 15) is 29.4 Å². The van der Waals surface area contributed by atoms with E-state index < -0.39 is 23.9 Å². The maximum absolute atomic E-state index is 12.5. The monoisotopic (exact) mass is 836 g/mol. The zero-order valence-corrected chi connectivity index (χ0v) is 33.2. The molecule has 0 amide bonds. The molecule has 4 rings (SSSR count). The largest absolute Gasteiger partial charge is 0.493 e. The summed E-state index contributed by atoms with van der Waals surface area (Å²) in [6.07, 6.45) is 2.93. The molecule has 4 aromatic carbocycles. The molecule has 4 aromatic rings. The van der Waals surface area contributed by atoms with Crippen LogP contribution in [-0.2, 0) is 9.47 Å². The first-order valence-electron chi connectivity index (χ1n) is 16.9. The Morgan fingerprint density at radius 2 is 0.667 bits per heavy atom. The van der Waals surface area contributed by atoms with Gasteiger partial charge in [-0.15, -0.1) is 0 Å². The van der Waals surface area contributed by atoms with Crippen molar-refractivity contribution in [1.29, 1.82) is 0 Å². The van der Waals surface area contributed by atoms with E-state index in [1.807, 2.05) is 0 Å². The van der Waals surface area contributed by atoms with Crippen LogP contribution in [-0.4, -0.2) is 104 Å². The Balaban J connectivity index is 0.000000592. The van der Waals surface area contributed by atoms with Crippen molar-refractivity contribution >= 4 is 23.9 Å². The summed E-state index contributed by atoms with van der Waals surface area (Å²) in [5.41, 5.74) is 1.74. The summed E-state index contributed by atoms with van der Waals surface area (Å²) >= 11 is 0. The maximum Gasteiger partial charge on any atom is 0.338 e. The van der Waals surface area contributed by atoms with Gasteiger partial charge in [-0.25, -0.2) is 19.2 Å². The maximum atomic E-state index is 12.5. The smallest absolute Gasteiger partial charge is 0.338 e. The Labute approximate surface area is 349 Å². The second-order valence-corrected chi connectivity index (χ2v) is 11.4. The van der Waals surface area contributed by atoms with Crippen molar-refractivity contribution in [2.24, 2.45) is 0 Å². The van der Waals surface area contributed by atoms with Crippen LogP contribution in [0.3, 0.4) is 0 Å². The molecule has 0 aliphatic heterocycles. The van der Waals surface area contributed by atoms with Gasteiger partial charge in [-0.3, -0.25) is 0 Å². The van der Waals surface area contributed by atoms with Crippen molar-refractivity contribution in [3.05, 3.63) is 96.1 Å². The number of esters is 2. The number of aromatic carboxylic acids is 2. The average Bonchev–Trinajstić information content (AvgIpc) is 3.24. The number of carboxylic acids is 2. The van der Waals surface area contributed by atoms with E-state index in [0.717, 1.165) is 0 Å². The Bertz CT molecular complexity index is 2020. The average molecular weight is 837 g/mol. The summed E-state index contributed by atoms with van der Waals surface area (Å²) < 4.78 is 53.5. The SMILES string of the molecule is C.C.C=CCOC(=O)c1cc(OC)c(OC)c(-c2cc(C(=O)OCC=C)cc(OC)c2OC)c1.COc1cc(C(=O)O)cc(-c2cc(C(=O)O)cc(OC)c2OC)c1OC. The highest BCUT2D eigenvalue weighted by Crippen LogP contribution is 2.48. The molecule has 0 bridgehead atoms. The van der Waals surface area contributed by atoms with Gasteiger partial charge in [0.1, 0.15) is 13.2 Å². The summed E-state index contributed by atoms with van der Waals surface area (Å²) in [5, 5.41) is 18.7. The number of methoxy groups -OCH3 is 8. The quantitative estimate of drug-likeness (QED) is 0.0718. The molecule has 0 heterocycles. The van der Waals surface area contributed by atoms with Crippen LogP contribution in [0.5, 0.6) is 46.0 Å². The van der Waals surface area contributed by atoms with E-state index in [4.69, 9.17) is 47.4 Å². The number of benzene rings is 4. The van der Waals surface area contributed by atoms with Gasteiger partial charge in [0.2, 0.25) is 0 Å². The van der Waals surface area contributed by atoms with Crippen LogP contribution in [0.4, 0.5) is 0 Å². The van der Waals surface area contributed by atoms with Gasteiger partial charge in [0.15, 0.2) is 46.0 Å². The molecule has 0 aromatic heterocycles. The molecule has 16 nitrogen and oxygen atoms in total. The molecule has 0 saturated heterocycles. The lowest BCUT2D eigenvalue weighted by atomic mass is 9.97. The standard InChI is InChI=1S/C24H26O8.C18H18O8.2CH4/c1-7-9-31-23(25)15-11-17(21(29-5)19(13-15)27-3)18-12-16(24(26)32-10-8-2)14-20(28-4)22(18)30-6;1-23-13-7-9(17(19)20)5-11(15(13)25-3)12-6-10(18(21)22)8-14(24-2)16(12)26-4;;/h7-8,11-14H,1-2,9-10H2,3-6H3;5-8H,1-4H3,(H,19,20)(H,21,22);2*1H4. The molecule has 0 fully saturated rings. The van der Waals surface area contributed by atoms with Crippen molar-refractivity contribution in [2.75, 3.05) is 70.1 Å². The number of rotatable bonds is 18. The molecule has 2 N–H and O–H groups in total. The first-order chi connectivity index (χ1) is 27.8. The third-order valence-electron chi connectivity index (χ3n) is 8.13. The van der Waals surface area contributed by atoms with Crippen molar-refractivity contribution < 1.29 is 76.8 Å². The number of hydrogen-bond donors (Lipinski definition) is 2. The summed E-state index contributed by atoms with van der Waals surface area (Å²) in [4.78, 5) is 48.0. The van der Waals surface area contributed by atoms with E-state index >= 15 is 0 Å². The highest BCUT2D eigenvalue weighted by Gasteiger charge is 2.26. The molecule has 0 saturated carbocycles. The van der Waals surface area contributed by atoms with Crippen molar-refractivity contribution in [3.8, 4) is 68.2 Å². The molecule has 0 radical (unpaired) electrons. The third-order valence-corrected chi connectivity index (χ3v) is 8.13. The zero-order chi connectivity index (χ0) is 43.1. The van der Waals surface area contributed by atoms with Gasteiger partial charge in [-0.05, 0) is 48.5 Å². The Morgan fingerprint density at radius 1 is 0.433 bits per heavy atom. The Morgan fingerprint density at radius 3 is 0.867 bits per heavy atom. The van der Waals surface area contributed by atoms with Crippen molar-refractivity contribution in [1.82, 2.24) is 0 Å². The second kappa shape index (κ2) is 23.8. The van der Waals surface area contributed by atoms with Crippen LogP contribution in [0.15, 0.2) is 73.8 Å². The number of ether oxygens (including phenoxy) is 10. The molecule has 324 valence electrons. The topological polar surface area (TPSA) is 201 Å². The molecule has 0 atom stereocenters. The fourth-order valence-electron chi connectivity index (χ4n) is 5.58. The summed E-state index contributed by atoms with van der Waals surface area (Å²) in [6, 6.07) is 11.5. The summed E-state index contributed by atoms with van der Waals surface area (Å²) in [7, 11) is 11.4. The lowest BCUT2D eigenvalue weighted by Crippen LogP contribution is -2.08. The van der Waals surface area contributed by atoms with E-state index in [2.05, 4.69) is 13.2 Å². The molecular weight excluding hydrogens is 784 g/mol. The van der Waals surface area contributed by atoms with Crippen LogP contribution < -0.4 is 37.9 Å². The Kier molecular flexibility index (Phi) is 20.1. The number of carbonyl (C=O) groups is 4. The van der Waals surface area contributed by atoms with Crippen LogP contribution in [0.2, 0.25) is 0 Å². The van der Waals surface area contributed by atoms with E-state index in [-0.39, 0.29) is 84.8 Å². The van der Waals surface area contributed by atoms with Gasteiger partial charge in [-0.1, -0.05) is 40.2 Å². The fourth-order valence-corrected chi connectivity index (χ4v) is 5.58. The Hall–Kier alpha value is -7.36. The predicted molar refractivity (Wildman–Crippen MR) is 225 cm³/mol. The lowest BCUT2D eigenvalue weighted by molar-refractivity contribution is 0.0540. The van der Waals surface area contributed by atoms with Crippen LogP contribution in [0.1, 0.15) is 56.3 Å². The first kappa shape index (κ1) is 50.7. The van der Waals surface area contributed by atoms with Crippen molar-refractivity contribution in [2.45, 2.75) is 14.9 Å². The number of carbonyl (C=O) groups excluding carboxylic acids is 2. The van der Waals surface area contributed by atoms with Gasteiger partial charge >= 0.3 is 23.9 Å². The normalized spacial score (nSPS) is 9.73. The molecule has 0 spiro atoms. The second-order valence-electron chi connectivity index (χ2n) is 11.4. The van der Waals surface area contributed by atoms with E-state index in [1.165, 1.54) is 105 Å². The molecule has 0 aliphatic rings. The van der Waals surface area contributed by atoms with Crippen LogP contribution >= 0.6 is 0 Å². The fraction of sp³-hybridized carbons (Fsp3) is 0.273. The molecule has 16 heteroatoms. The lowest BCUT2D eigenvalue weighted by Gasteiger charge is -2.19. The highest BCUT2D eigenvalue weighted by atomic mass is 16.5. The van der Waals surface area contributed by atoms with Gasteiger partial charge in [0.05, 0.1) is 79.1 Å². The van der Waals surface area contributed by atoms with E-state index in [1.54, 1.807) is 12.1 Å². The predicted octanol–water partition coefficient (Wildman–Crippen LogP) is 8.13. The van der Waals surface area contributed by atoms with Crippen LogP contribution in [0, 0.1) is 0 Å². The number of carboxylic acid groups (broad SMARTS) is 2. The van der Waals surface area contributed by atoms with Gasteiger partial charge in [0, 0.05) is 22.3 Å². The van der Waals surface area contributed by atoms with E-state index in [0.29, 0.717) is 33.8 Å². The van der Waals surface area contributed by atoms with Gasteiger partial charge < -0.3 is 57.6 Å². The van der Waals surface area contributed by atoms with Gasteiger partial charge in [-0.2, -0.15) is 0 Å².